The molecule has 0 bridgehead atoms. The van der Waals surface area contributed by atoms with Gasteiger partial charge in [-0.1, -0.05) is 12.8 Å². The Hall–Kier alpha value is -1.22. The molecule has 3 nitrogen and oxygen atoms in total. The van der Waals surface area contributed by atoms with E-state index in [-0.39, 0.29) is 0 Å². The SMILES string of the molecule is COc1ccc(OC)c(CCCCCCN)c1. The number of aryl methyl sites for hydroxylation is 1. The predicted octanol–water partition coefficient (Wildman–Crippen LogP) is 2.77. The van der Waals surface area contributed by atoms with Gasteiger partial charge in [0, 0.05) is 0 Å². The van der Waals surface area contributed by atoms with Crippen LogP contribution in [0.15, 0.2) is 18.2 Å². The highest BCUT2D eigenvalue weighted by molar-refractivity contribution is 5.40. The molecule has 17 heavy (non-hydrogen) atoms. The number of unbranched alkanes of at least 4 members (excludes halogenated alkanes) is 3. The summed E-state index contributed by atoms with van der Waals surface area (Å²) in [5, 5.41) is 0. The maximum Gasteiger partial charge on any atom is 0.122 e. The number of hydrogen-bond acceptors (Lipinski definition) is 3. The minimum Gasteiger partial charge on any atom is -0.497 e. The minimum atomic E-state index is 0.794. The van der Waals surface area contributed by atoms with Gasteiger partial charge in [-0.15, -0.1) is 0 Å². The van der Waals surface area contributed by atoms with Crippen LogP contribution in [0, 0.1) is 0 Å². The van der Waals surface area contributed by atoms with E-state index in [4.69, 9.17) is 15.2 Å². The van der Waals surface area contributed by atoms with Crippen LogP contribution in [-0.2, 0) is 6.42 Å². The topological polar surface area (TPSA) is 44.5 Å². The van der Waals surface area contributed by atoms with Gasteiger partial charge in [0.1, 0.15) is 11.5 Å². The predicted molar refractivity (Wildman–Crippen MR) is 70.8 cm³/mol. The van der Waals surface area contributed by atoms with E-state index in [0.717, 1.165) is 30.9 Å². The molecule has 0 saturated carbocycles. The van der Waals surface area contributed by atoms with Crippen LogP contribution < -0.4 is 15.2 Å². The summed E-state index contributed by atoms with van der Waals surface area (Å²) >= 11 is 0. The molecule has 0 atom stereocenters. The van der Waals surface area contributed by atoms with Gasteiger partial charge in [-0.25, -0.2) is 0 Å². The van der Waals surface area contributed by atoms with Crippen LogP contribution in [0.3, 0.4) is 0 Å². The number of nitrogens with two attached hydrogens (primary N) is 1. The van der Waals surface area contributed by atoms with Gasteiger partial charge in [0.05, 0.1) is 14.2 Å². The molecule has 1 aromatic carbocycles. The smallest absolute Gasteiger partial charge is 0.122 e. The molecule has 2 N–H and O–H groups in total. The summed E-state index contributed by atoms with van der Waals surface area (Å²) in [6, 6.07) is 5.95. The Balaban J connectivity index is 2.49. The first-order chi connectivity index (χ1) is 8.31. The maximum absolute atomic E-state index is 5.47. The van der Waals surface area contributed by atoms with Gasteiger partial charge in [-0.05, 0) is 49.6 Å². The Kier molecular flexibility index (Phi) is 6.48. The van der Waals surface area contributed by atoms with Crippen molar-refractivity contribution in [2.24, 2.45) is 5.73 Å². The van der Waals surface area contributed by atoms with Crippen LogP contribution in [0.1, 0.15) is 31.2 Å². The van der Waals surface area contributed by atoms with Crippen molar-refractivity contribution in [3.8, 4) is 11.5 Å². The van der Waals surface area contributed by atoms with Crippen LogP contribution in [0.2, 0.25) is 0 Å². The lowest BCUT2D eigenvalue weighted by Gasteiger charge is -2.10. The van der Waals surface area contributed by atoms with Crippen molar-refractivity contribution in [2.75, 3.05) is 20.8 Å². The molecule has 0 unspecified atom stereocenters. The molecular formula is C14H23NO2. The van der Waals surface area contributed by atoms with Gasteiger partial charge >= 0.3 is 0 Å². The molecule has 0 aliphatic rings. The fourth-order valence-corrected chi connectivity index (χ4v) is 1.89. The van der Waals surface area contributed by atoms with Gasteiger partial charge in [0.15, 0.2) is 0 Å². The number of rotatable bonds is 8. The molecule has 0 saturated heterocycles. The van der Waals surface area contributed by atoms with Crippen molar-refractivity contribution < 1.29 is 9.47 Å². The van der Waals surface area contributed by atoms with E-state index in [0.29, 0.717) is 0 Å². The van der Waals surface area contributed by atoms with E-state index >= 15 is 0 Å². The normalized spacial score (nSPS) is 10.3. The highest BCUT2D eigenvalue weighted by Crippen LogP contribution is 2.25. The number of benzene rings is 1. The van der Waals surface area contributed by atoms with Crippen molar-refractivity contribution in [1.29, 1.82) is 0 Å². The van der Waals surface area contributed by atoms with Crippen LogP contribution in [0.25, 0.3) is 0 Å². The molecule has 3 heteroatoms. The molecule has 0 spiro atoms. The third kappa shape index (κ3) is 4.65. The fraction of sp³-hybridized carbons (Fsp3) is 0.571. The second kappa shape index (κ2) is 7.96. The second-order valence-corrected chi connectivity index (χ2v) is 4.13. The third-order valence-electron chi connectivity index (χ3n) is 2.89. The van der Waals surface area contributed by atoms with Gasteiger partial charge in [0.2, 0.25) is 0 Å². The van der Waals surface area contributed by atoms with Gasteiger partial charge in [0.25, 0.3) is 0 Å². The van der Waals surface area contributed by atoms with E-state index in [1.165, 1.54) is 24.8 Å². The molecular weight excluding hydrogens is 214 g/mol. The van der Waals surface area contributed by atoms with E-state index < -0.39 is 0 Å². The summed E-state index contributed by atoms with van der Waals surface area (Å²) in [6.45, 7) is 0.794. The lowest BCUT2D eigenvalue weighted by atomic mass is 10.0. The Morgan fingerprint density at radius 1 is 1.00 bits per heavy atom. The van der Waals surface area contributed by atoms with Crippen molar-refractivity contribution >= 4 is 0 Å². The summed E-state index contributed by atoms with van der Waals surface area (Å²) < 4.78 is 10.6. The zero-order valence-electron chi connectivity index (χ0n) is 10.9. The first kappa shape index (κ1) is 13.8. The Labute approximate surface area is 104 Å². The highest BCUT2D eigenvalue weighted by atomic mass is 16.5. The lowest BCUT2D eigenvalue weighted by Crippen LogP contribution is -1.98. The average molecular weight is 237 g/mol. The van der Waals surface area contributed by atoms with Crippen molar-refractivity contribution in [3.63, 3.8) is 0 Å². The van der Waals surface area contributed by atoms with Gasteiger partial charge in [-0.2, -0.15) is 0 Å². The molecule has 0 aliphatic heterocycles. The molecule has 0 amide bonds. The molecule has 0 fully saturated rings. The minimum absolute atomic E-state index is 0.794. The summed E-state index contributed by atoms with van der Waals surface area (Å²) in [7, 11) is 3.40. The average Bonchev–Trinajstić information content (AvgIpc) is 2.38. The summed E-state index contributed by atoms with van der Waals surface area (Å²) in [6.07, 6.45) is 5.75. The third-order valence-corrected chi connectivity index (χ3v) is 2.89. The number of hydrogen-bond donors (Lipinski definition) is 1. The number of ether oxygens (including phenoxy) is 2. The van der Waals surface area contributed by atoms with E-state index in [2.05, 4.69) is 6.07 Å². The van der Waals surface area contributed by atoms with Crippen LogP contribution in [-0.4, -0.2) is 20.8 Å². The van der Waals surface area contributed by atoms with Crippen LogP contribution >= 0.6 is 0 Å². The first-order valence-electron chi connectivity index (χ1n) is 6.22. The molecule has 0 radical (unpaired) electrons. The maximum atomic E-state index is 5.47. The first-order valence-corrected chi connectivity index (χ1v) is 6.22. The molecule has 0 aliphatic carbocycles. The summed E-state index contributed by atoms with van der Waals surface area (Å²) in [4.78, 5) is 0. The standard InChI is InChI=1S/C14H23NO2/c1-16-13-8-9-14(17-2)12(11-13)7-5-3-4-6-10-15/h8-9,11H,3-7,10,15H2,1-2H3. The zero-order chi connectivity index (χ0) is 12.5. The van der Waals surface area contributed by atoms with Crippen molar-refractivity contribution in [2.45, 2.75) is 32.1 Å². The molecule has 0 aromatic heterocycles. The van der Waals surface area contributed by atoms with Gasteiger partial charge in [-0.3, -0.25) is 0 Å². The van der Waals surface area contributed by atoms with E-state index in [1.807, 2.05) is 12.1 Å². The lowest BCUT2D eigenvalue weighted by molar-refractivity contribution is 0.398. The largest absolute Gasteiger partial charge is 0.497 e. The summed E-state index contributed by atoms with van der Waals surface area (Å²) in [5.41, 5.74) is 6.69. The van der Waals surface area contributed by atoms with Crippen molar-refractivity contribution in [1.82, 2.24) is 0 Å². The van der Waals surface area contributed by atoms with Crippen molar-refractivity contribution in [3.05, 3.63) is 23.8 Å². The van der Waals surface area contributed by atoms with Gasteiger partial charge < -0.3 is 15.2 Å². The molecule has 0 heterocycles. The zero-order valence-corrected chi connectivity index (χ0v) is 10.9. The quantitative estimate of drug-likeness (QED) is 0.707. The van der Waals surface area contributed by atoms with E-state index in [1.54, 1.807) is 14.2 Å². The number of methoxy groups -OCH3 is 2. The fourth-order valence-electron chi connectivity index (χ4n) is 1.89. The van der Waals surface area contributed by atoms with Crippen LogP contribution in [0.5, 0.6) is 11.5 Å². The Bertz CT molecular complexity index is 326. The van der Waals surface area contributed by atoms with E-state index in [9.17, 15) is 0 Å². The molecule has 1 rings (SSSR count). The van der Waals surface area contributed by atoms with Crippen LogP contribution in [0.4, 0.5) is 0 Å². The Morgan fingerprint density at radius 2 is 1.76 bits per heavy atom. The molecule has 1 aromatic rings. The summed E-state index contributed by atoms with van der Waals surface area (Å²) in [5.74, 6) is 1.84. The molecule has 96 valence electrons. The second-order valence-electron chi connectivity index (χ2n) is 4.13. The Morgan fingerprint density at radius 3 is 2.41 bits per heavy atom. The highest BCUT2D eigenvalue weighted by Gasteiger charge is 2.04. The monoisotopic (exact) mass is 237 g/mol.